The first-order valence-corrected chi connectivity index (χ1v) is 10.7. The van der Waals surface area contributed by atoms with Gasteiger partial charge in [-0.05, 0) is 53.4 Å². The van der Waals surface area contributed by atoms with Crippen molar-refractivity contribution in [3.63, 3.8) is 0 Å². The summed E-state index contributed by atoms with van der Waals surface area (Å²) in [7, 11) is 0. The van der Waals surface area contributed by atoms with Crippen molar-refractivity contribution >= 4 is 35.1 Å². The Bertz CT molecular complexity index is 1240. The zero-order chi connectivity index (χ0) is 22.2. The van der Waals surface area contributed by atoms with E-state index in [0.717, 1.165) is 11.3 Å². The summed E-state index contributed by atoms with van der Waals surface area (Å²) in [5.41, 5.74) is 4.00. The van der Waals surface area contributed by atoms with E-state index in [1.807, 2.05) is 60.0 Å². The Labute approximate surface area is 189 Å². The lowest BCUT2D eigenvalue weighted by molar-refractivity contribution is 0.0956. The monoisotopic (exact) mass is 441 g/mol. The lowest BCUT2D eigenvalue weighted by Gasteiger charge is -2.09. The molecule has 6 nitrogen and oxygen atoms in total. The molecule has 0 fully saturated rings. The molecule has 0 unspecified atom stereocenters. The van der Waals surface area contributed by atoms with Gasteiger partial charge in [0.15, 0.2) is 0 Å². The van der Waals surface area contributed by atoms with Gasteiger partial charge in [0.1, 0.15) is 11.5 Å². The number of anilines is 1. The van der Waals surface area contributed by atoms with Crippen molar-refractivity contribution in [2.45, 2.75) is 0 Å². The average molecular weight is 442 g/mol. The molecule has 0 spiro atoms. The van der Waals surface area contributed by atoms with Crippen molar-refractivity contribution in [1.29, 1.82) is 0 Å². The molecule has 1 aromatic heterocycles. The van der Waals surface area contributed by atoms with Crippen LogP contribution in [0.2, 0.25) is 0 Å². The van der Waals surface area contributed by atoms with Crippen LogP contribution < -0.4 is 15.5 Å². The van der Waals surface area contributed by atoms with E-state index in [0.29, 0.717) is 21.9 Å². The van der Waals surface area contributed by atoms with Gasteiger partial charge in [-0.1, -0.05) is 48.5 Å². The maximum absolute atomic E-state index is 12.6. The zero-order valence-corrected chi connectivity index (χ0v) is 17.7. The van der Waals surface area contributed by atoms with Gasteiger partial charge in [0.25, 0.3) is 11.8 Å². The molecule has 0 aliphatic rings. The van der Waals surface area contributed by atoms with Crippen molar-refractivity contribution in [3.8, 4) is 11.5 Å². The van der Waals surface area contributed by atoms with Gasteiger partial charge in [-0.2, -0.15) is 5.10 Å². The summed E-state index contributed by atoms with van der Waals surface area (Å²) < 4.78 is 5.81. The Morgan fingerprint density at radius 2 is 1.59 bits per heavy atom. The molecule has 4 rings (SSSR count). The van der Waals surface area contributed by atoms with Crippen LogP contribution in [-0.4, -0.2) is 18.0 Å². The smallest absolute Gasteiger partial charge is 0.273 e. The Morgan fingerprint density at radius 1 is 0.812 bits per heavy atom. The maximum atomic E-state index is 12.6. The summed E-state index contributed by atoms with van der Waals surface area (Å²) in [6, 6.07) is 27.1. The third kappa shape index (κ3) is 5.47. The number of hydrogen-bond donors (Lipinski definition) is 2. The van der Waals surface area contributed by atoms with Crippen LogP contribution in [0.1, 0.15) is 25.6 Å². The lowest BCUT2D eigenvalue weighted by atomic mass is 10.1. The fourth-order valence-electron chi connectivity index (χ4n) is 2.89. The molecule has 1 heterocycles. The van der Waals surface area contributed by atoms with E-state index in [1.54, 1.807) is 36.4 Å². The third-order valence-corrected chi connectivity index (χ3v) is 5.25. The molecule has 2 amide bonds. The molecule has 0 aliphatic carbocycles. The summed E-state index contributed by atoms with van der Waals surface area (Å²) in [4.78, 5) is 25.5. The molecular formula is C25H19N3O3S. The number of carbonyl (C=O) groups is 2. The largest absolute Gasteiger partial charge is 0.457 e. The van der Waals surface area contributed by atoms with Gasteiger partial charge in [0, 0.05) is 0 Å². The van der Waals surface area contributed by atoms with Crippen LogP contribution in [0, 0.1) is 0 Å². The average Bonchev–Trinajstić information content (AvgIpc) is 3.36. The van der Waals surface area contributed by atoms with Crippen LogP contribution in [0.3, 0.4) is 0 Å². The molecule has 0 atom stereocenters. The Balaban J connectivity index is 1.41. The van der Waals surface area contributed by atoms with E-state index in [1.165, 1.54) is 17.6 Å². The summed E-state index contributed by atoms with van der Waals surface area (Å²) in [5.74, 6) is 0.697. The van der Waals surface area contributed by atoms with E-state index in [9.17, 15) is 9.59 Å². The van der Waals surface area contributed by atoms with E-state index < -0.39 is 5.91 Å². The maximum Gasteiger partial charge on any atom is 0.273 e. The molecule has 7 heteroatoms. The van der Waals surface area contributed by atoms with Crippen LogP contribution in [0.25, 0.3) is 0 Å². The number of thiophene rings is 1. The quantitative estimate of drug-likeness (QED) is 0.291. The number of ether oxygens (including phenoxy) is 1. The highest BCUT2D eigenvalue weighted by Crippen LogP contribution is 2.21. The summed E-state index contributed by atoms with van der Waals surface area (Å²) in [6.45, 7) is 0. The number of carbonyl (C=O) groups excluding carboxylic acids is 2. The second kappa shape index (κ2) is 10.2. The molecule has 0 saturated carbocycles. The molecule has 3 aromatic carbocycles. The Morgan fingerprint density at radius 3 is 2.41 bits per heavy atom. The van der Waals surface area contributed by atoms with Gasteiger partial charge in [-0.3, -0.25) is 9.59 Å². The molecule has 4 aromatic rings. The van der Waals surface area contributed by atoms with Gasteiger partial charge >= 0.3 is 0 Å². The second-order valence-electron chi connectivity index (χ2n) is 6.66. The Kier molecular flexibility index (Phi) is 6.69. The van der Waals surface area contributed by atoms with Gasteiger partial charge in [0.2, 0.25) is 0 Å². The fourth-order valence-corrected chi connectivity index (χ4v) is 3.51. The number of hydrogen-bond acceptors (Lipinski definition) is 5. The van der Waals surface area contributed by atoms with Crippen LogP contribution in [0.15, 0.2) is 101 Å². The van der Waals surface area contributed by atoms with Crippen molar-refractivity contribution < 1.29 is 14.3 Å². The van der Waals surface area contributed by atoms with Gasteiger partial charge in [-0.25, -0.2) is 5.43 Å². The molecule has 158 valence electrons. The van der Waals surface area contributed by atoms with E-state index in [4.69, 9.17) is 4.74 Å². The molecule has 0 radical (unpaired) electrons. The van der Waals surface area contributed by atoms with Gasteiger partial charge in [-0.15, -0.1) is 11.3 Å². The first-order chi connectivity index (χ1) is 15.7. The van der Waals surface area contributed by atoms with Crippen molar-refractivity contribution in [2.24, 2.45) is 5.10 Å². The summed E-state index contributed by atoms with van der Waals surface area (Å²) >= 11 is 1.33. The SMILES string of the molecule is O=C(Nc1ccccc1C(=O)NN=Cc1cccc(Oc2ccccc2)c1)c1cccs1. The number of rotatable bonds is 7. The Hall–Kier alpha value is -4.23. The normalized spacial score (nSPS) is 10.6. The minimum Gasteiger partial charge on any atom is -0.457 e. The standard InChI is InChI=1S/C25H19N3O3S/c29-24(21-12-4-5-13-22(21)27-25(30)23-14-7-15-32-23)28-26-17-18-8-6-11-20(16-18)31-19-9-2-1-3-10-19/h1-17H,(H,27,30)(H,28,29). The predicted molar refractivity (Wildman–Crippen MR) is 127 cm³/mol. The number of nitrogens with zero attached hydrogens (tertiary/aromatic N) is 1. The molecule has 32 heavy (non-hydrogen) atoms. The molecule has 0 saturated heterocycles. The summed E-state index contributed by atoms with van der Waals surface area (Å²) in [6.07, 6.45) is 1.53. The minimum absolute atomic E-state index is 0.265. The van der Waals surface area contributed by atoms with E-state index >= 15 is 0 Å². The van der Waals surface area contributed by atoms with Crippen LogP contribution in [-0.2, 0) is 0 Å². The van der Waals surface area contributed by atoms with Crippen LogP contribution in [0.5, 0.6) is 11.5 Å². The number of hydrazone groups is 1. The number of amides is 2. The first-order valence-electron chi connectivity index (χ1n) is 9.79. The molecule has 0 aliphatic heterocycles. The number of para-hydroxylation sites is 2. The highest BCUT2D eigenvalue weighted by molar-refractivity contribution is 7.12. The molecule has 2 N–H and O–H groups in total. The lowest BCUT2D eigenvalue weighted by Crippen LogP contribution is -2.21. The topological polar surface area (TPSA) is 79.8 Å². The minimum atomic E-state index is -0.431. The fraction of sp³-hybridized carbons (Fsp3) is 0. The second-order valence-corrected chi connectivity index (χ2v) is 7.61. The predicted octanol–water partition coefficient (Wildman–Crippen LogP) is 5.56. The van der Waals surface area contributed by atoms with Crippen molar-refractivity contribution in [2.75, 3.05) is 5.32 Å². The third-order valence-electron chi connectivity index (χ3n) is 4.38. The first kappa shape index (κ1) is 21.0. The number of nitrogens with one attached hydrogen (secondary N) is 2. The molecular weight excluding hydrogens is 422 g/mol. The van der Waals surface area contributed by atoms with E-state index in [-0.39, 0.29) is 5.91 Å². The van der Waals surface area contributed by atoms with E-state index in [2.05, 4.69) is 15.8 Å². The molecule has 0 bridgehead atoms. The highest BCUT2D eigenvalue weighted by atomic mass is 32.1. The van der Waals surface area contributed by atoms with Gasteiger partial charge in [0.05, 0.1) is 22.3 Å². The van der Waals surface area contributed by atoms with Crippen molar-refractivity contribution in [3.05, 3.63) is 112 Å². The number of benzene rings is 3. The summed E-state index contributed by atoms with van der Waals surface area (Å²) in [5, 5.41) is 8.64. The van der Waals surface area contributed by atoms with Crippen LogP contribution in [0.4, 0.5) is 5.69 Å². The van der Waals surface area contributed by atoms with Crippen molar-refractivity contribution in [1.82, 2.24) is 5.43 Å². The highest BCUT2D eigenvalue weighted by Gasteiger charge is 2.14. The van der Waals surface area contributed by atoms with Gasteiger partial charge < -0.3 is 10.1 Å². The zero-order valence-electron chi connectivity index (χ0n) is 16.9. The van der Waals surface area contributed by atoms with Crippen LogP contribution >= 0.6 is 11.3 Å².